The zero-order valence-electron chi connectivity index (χ0n) is 17.9. The minimum atomic E-state index is -0.263. The van der Waals surface area contributed by atoms with Crippen molar-refractivity contribution in [3.63, 3.8) is 0 Å². The van der Waals surface area contributed by atoms with Gasteiger partial charge in [0, 0.05) is 25.7 Å². The highest BCUT2D eigenvalue weighted by molar-refractivity contribution is 5.94. The van der Waals surface area contributed by atoms with Gasteiger partial charge in [0.2, 0.25) is 0 Å². The maximum atomic E-state index is 13.1. The Morgan fingerprint density at radius 1 is 1.09 bits per heavy atom. The molecule has 3 aromatic rings. The summed E-state index contributed by atoms with van der Waals surface area (Å²) in [4.78, 5) is 38.7. The van der Waals surface area contributed by atoms with E-state index in [1.165, 1.54) is 12.5 Å². The molecule has 1 unspecified atom stereocenters. The Balaban J connectivity index is 1.30. The Morgan fingerprint density at radius 3 is 2.69 bits per heavy atom. The van der Waals surface area contributed by atoms with Gasteiger partial charge in [0.1, 0.15) is 5.69 Å². The second-order valence-electron chi connectivity index (χ2n) is 8.36. The standard InChI is InChI=1S/C24H26N4O4/c29-23(21-14-25-19-8-3-4-9-20(19)26-21)27-11-13-31-18(15-27)16-28(17-6-1-2-7-17)24(30)22-10-5-12-32-22/h3-5,8-10,12,14,17-18H,1-2,6-7,11,13,15-16H2. The second-order valence-corrected chi connectivity index (χ2v) is 8.36. The number of hydrogen-bond donors (Lipinski definition) is 0. The van der Waals surface area contributed by atoms with Crippen molar-refractivity contribution < 1.29 is 18.7 Å². The first-order chi connectivity index (χ1) is 15.7. The number of benzene rings is 1. The van der Waals surface area contributed by atoms with Gasteiger partial charge in [0.25, 0.3) is 11.8 Å². The van der Waals surface area contributed by atoms with Gasteiger partial charge in [-0.15, -0.1) is 0 Å². The molecule has 1 saturated heterocycles. The summed E-state index contributed by atoms with van der Waals surface area (Å²) in [5.41, 5.74) is 1.77. The van der Waals surface area contributed by atoms with Crippen LogP contribution in [0.25, 0.3) is 11.0 Å². The molecule has 8 heteroatoms. The largest absolute Gasteiger partial charge is 0.459 e. The molecule has 166 valence electrons. The molecule has 32 heavy (non-hydrogen) atoms. The van der Waals surface area contributed by atoms with E-state index in [1.807, 2.05) is 29.2 Å². The van der Waals surface area contributed by atoms with Crippen LogP contribution >= 0.6 is 0 Å². The van der Waals surface area contributed by atoms with Crippen molar-refractivity contribution in [2.24, 2.45) is 0 Å². The molecule has 8 nitrogen and oxygen atoms in total. The SMILES string of the molecule is O=C(c1cnc2ccccc2n1)N1CCOC(CN(C(=O)c2ccco2)C2CCCC2)C1. The fourth-order valence-corrected chi connectivity index (χ4v) is 4.61. The van der Waals surface area contributed by atoms with Crippen LogP contribution < -0.4 is 0 Å². The molecule has 1 atom stereocenters. The Morgan fingerprint density at radius 2 is 1.91 bits per heavy atom. The van der Waals surface area contributed by atoms with Gasteiger partial charge in [0.05, 0.1) is 36.2 Å². The van der Waals surface area contributed by atoms with Crippen molar-refractivity contribution in [3.8, 4) is 0 Å². The number of morpholine rings is 1. The highest BCUT2D eigenvalue weighted by Gasteiger charge is 2.34. The van der Waals surface area contributed by atoms with Crippen molar-refractivity contribution in [1.82, 2.24) is 19.8 Å². The van der Waals surface area contributed by atoms with Gasteiger partial charge in [-0.05, 0) is 37.1 Å². The van der Waals surface area contributed by atoms with Crippen LogP contribution in [0.1, 0.15) is 46.7 Å². The monoisotopic (exact) mass is 434 g/mol. The zero-order valence-corrected chi connectivity index (χ0v) is 17.9. The molecular formula is C24H26N4O4. The normalized spacial score (nSPS) is 19.4. The third-order valence-corrected chi connectivity index (χ3v) is 6.25. The number of para-hydroxylation sites is 2. The summed E-state index contributed by atoms with van der Waals surface area (Å²) in [5, 5.41) is 0. The van der Waals surface area contributed by atoms with Crippen molar-refractivity contribution in [3.05, 3.63) is 60.3 Å². The van der Waals surface area contributed by atoms with Gasteiger partial charge in [-0.1, -0.05) is 25.0 Å². The third-order valence-electron chi connectivity index (χ3n) is 6.25. The molecule has 1 aromatic carbocycles. The van der Waals surface area contributed by atoms with Crippen LogP contribution in [-0.2, 0) is 4.74 Å². The zero-order chi connectivity index (χ0) is 21.9. The molecule has 2 aliphatic rings. The summed E-state index contributed by atoms with van der Waals surface area (Å²) in [6.07, 6.45) is 6.97. The molecule has 1 aliphatic heterocycles. The van der Waals surface area contributed by atoms with Crippen molar-refractivity contribution in [1.29, 1.82) is 0 Å². The van der Waals surface area contributed by atoms with Crippen LogP contribution in [-0.4, -0.2) is 70.0 Å². The molecule has 2 amide bonds. The summed E-state index contributed by atoms with van der Waals surface area (Å²) in [6, 6.07) is 11.1. The van der Waals surface area contributed by atoms with Gasteiger partial charge in [-0.3, -0.25) is 14.6 Å². The van der Waals surface area contributed by atoms with E-state index < -0.39 is 0 Å². The Labute approximate surface area is 186 Å². The molecule has 3 heterocycles. The van der Waals surface area contributed by atoms with Gasteiger partial charge in [-0.2, -0.15) is 0 Å². The Hall–Kier alpha value is -3.26. The Bertz CT molecular complexity index is 1090. The quantitative estimate of drug-likeness (QED) is 0.613. The van der Waals surface area contributed by atoms with E-state index in [0.717, 1.165) is 31.2 Å². The topological polar surface area (TPSA) is 88.8 Å². The summed E-state index contributed by atoms with van der Waals surface area (Å²) in [5.74, 6) is 0.0581. The number of ether oxygens (including phenoxy) is 1. The number of hydrogen-bond acceptors (Lipinski definition) is 6. The highest BCUT2D eigenvalue weighted by atomic mass is 16.5. The van der Waals surface area contributed by atoms with Crippen LogP contribution in [0.3, 0.4) is 0 Å². The van der Waals surface area contributed by atoms with E-state index in [0.29, 0.717) is 43.2 Å². The third kappa shape index (κ3) is 4.23. The van der Waals surface area contributed by atoms with Gasteiger partial charge in [0.15, 0.2) is 5.76 Å². The predicted octanol–water partition coefficient (Wildman–Crippen LogP) is 3.15. The average molecular weight is 434 g/mol. The van der Waals surface area contributed by atoms with Crippen molar-refractivity contribution in [2.45, 2.75) is 37.8 Å². The average Bonchev–Trinajstić information content (AvgIpc) is 3.56. The molecule has 2 aromatic heterocycles. The maximum absolute atomic E-state index is 13.1. The van der Waals surface area contributed by atoms with E-state index in [-0.39, 0.29) is 24.0 Å². The van der Waals surface area contributed by atoms with E-state index in [4.69, 9.17) is 9.15 Å². The fourth-order valence-electron chi connectivity index (χ4n) is 4.61. The number of aromatic nitrogens is 2. The summed E-state index contributed by atoms with van der Waals surface area (Å²) in [7, 11) is 0. The van der Waals surface area contributed by atoms with Gasteiger partial charge < -0.3 is 19.0 Å². The van der Waals surface area contributed by atoms with Crippen molar-refractivity contribution in [2.75, 3.05) is 26.2 Å². The molecule has 2 fully saturated rings. The van der Waals surface area contributed by atoms with Crippen molar-refractivity contribution >= 4 is 22.8 Å². The lowest BCUT2D eigenvalue weighted by Gasteiger charge is -2.37. The fraction of sp³-hybridized carbons (Fsp3) is 0.417. The van der Waals surface area contributed by atoms with E-state index in [9.17, 15) is 9.59 Å². The Kier molecular flexibility index (Phi) is 5.85. The summed E-state index contributed by atoms with van der Waals surface area (Å²) in [6.45, 7) is 1.74. The number of amides is 2. The predicted molar refractivity (Wildman–Crippen MR) is 117 cm³/mol. The minimum Gasteiger partial charge on any atom is -0.459 e. The molecule has 1 aliphatic carbocycles. The first kappa shape index (κ1) is 20.6. The number of rotatable bonds is 5. The lowest BCUT2D eigenvalue weighted by atomic mass is 10.1. The van der Waals surface area contributed by atoms with Gasteiger partial charge in [-0.25, -0.2) is 4.98 Å². The number of furan rings is 1. The number of carbonyl (C=O) groups excluding carboxylic acids is 2. The molecule has 1 saturated carbocycles. The van der Waals surface area contributed by atoms with Crippen LogP contribution in [0.5, 0.6) is 0 Å². The smallest absolute Gasteiger partial charge is 0.289 e. The number of carbonyl (C=O) groups is 2. The maximum Gasteiger partial charge on any atom is 0.289 e. The molecule has 0 spiro atoms. The van der Waals surface area contributed by atoms with E-state index >= 15 is 0 Å². The molecule has 0 radical (unpaired) electrons. The lowest BCUT2D eigenvalue weighted by molar-refractivity contribution is -0.0376. The van der Waals surface area contributed by atoms with E-state index in [2.05, 4.69) is 9.97 Å². The second kappa shape index (κ2) is 9.08. The molecule has 0 bridgehead atoms. The molecular weight excluding hydrogens is 408 g/mol. The summed E-state index contributed by atoms with van der Waals surface area (Å²) >= 11 is 0. The number of fused-ring (bicyclic) bond motifs is 1. The first-order valence-electron chi connectivity index (χ1n) is 11.2. The van der Waals surface area contributed by atoms with Crippen LogP contribution in [0, 0.1) is 0 Å². The molecule has 0 N–H and O–H groups in total. The molecule has 5 rings (SSSR count). The van der Waals surface area contributed by atoms with E-state index in [1.54, 1.807) is 17.0 Å². The lowest BCUT2D eigenvalue weighted by Crippen LogP contribution is -2.52. The van der Waals surface area contributed by atoms with Crippen LogP contribution in [0.15, 0.2) is 53.3 Å². The van der Waals surface area contributed by atoms with Crippen LogP contribution in [0.4, 0.5) is 0 Å². The summed E-state index contributed by atoms with van der Waals surface area (Å²) < 4.78 is 11.3. The van der Waals surface area contributed by atoms with Gasteiger partial charge >= 0.3 is 0 Å². The minimum absolute atomic E-state index is 0.116. The number of nitrogens with zero attached hydrogens (tertiary/aromatic N) is 4. The first-order valence-corrected chi connectivity index (χ1v) is 11.2. The van der Waals surface area contributed by atoms with Crippen LogP contribution in [0.2, 0.25) is 0 Å². The highest BCUT2D eigenvalue weighted by Crippen LogP contribution is 2.26.